The van der Waals surface area contributed by atoms with Gasteiger partial charge in [-0.05, 0) is 45.8 Å². The van der Waals surface area contributed by atoms with Crippen molar-refractivity contribution in [1.29, 1.82) is 0 Å². The molecule has 0 saturated heterocycles. The molecule has 0 aliphatic rings. The molecule has 0 amide bonds. The first-order chi connectivity index (χ1) is 11.8. The van der Waals surface area contributed by atoms with E-state index in [0.717, 1.165) is 32.5 Å². The van der Waals surface area contributed by atoms with Crippen molar-refractivity contribution in [2.45, 2.75) is 6.54 Å². The van der Waals surface area contributed by atoms with E-state index in [1.54, 1.807) is 19.5 Å². The molecule has 3 rings (SSSR count). The molecule has 124 valence electrons. The molecule has 1 aromatic carbocycles. The summed E-state index contributed by atoms with van der Waals surface area (Å²) in [6.45, 7) is 1.84. The number of ether oxygens (including phenoxy) is 2. The van der Waals surface area contributed by atoms with E-state index in [9.17, 15) is 0 Å². The highest BCUT2D eigenvalue weighted by molar-refractivity contribution is 9.10. The molecule has 24 heavy (non-hydrogen) atoms. The second-order valence-electron chi connectivity index (χ2n) is 5.22. The number of anilines is 1. The molecule has 1 N–H and O–H groups in total. The number of nitrogens with one attached hydrogen (secondary N) is 1. The first-order valence-corrected chi connectivity index (χ1v) is 8.40. The highest BCUT2D eigenvalue weighted by atomic mass is 79.9. The van der Waals surface area contributed by atoms with Crippen molar-refractivity contribution in [1.82, 2.24) is 9.97 Å². The number of hydrogen-bond acceptors (Lipinski definition) is 5. The molecule has 0 bridgehead atoms. The number of fused-ring (bicyclic) bond motifs is 1. The van der Waals surface area contributed by atoms with Crippen LogP contribution in [0.4, 0.5) is 5.69 Å². The Bertz CT molecular complexity index is 809. The van der Waals surface area contributed by atoms with Crippen LogP contribution in [0.15, 0.2) is 53.3 Å². The second kappa shape index (κ2) is 8.08. The van der Waals surface area contributed by atoms with Crippen molar-refractivity contribution >= 4 is 32.7 Å². The average molecular weight is 388 g/mol. The Balaban J connectivity index is 1.65. The average Bonchev–Trinajstić information content (AvgIpc) is 2.61. The van der Waals surface area contributed by atoms with Crippen molar-refractivity contribution in [3.8, 4) is 5.75 Å². The fourth-order valence-electron chi connectivity index (χ4n) is 2.29. The predicted octanol–water partition coefficient (Wildman–Crippen LogP) is 4.03. The van der Waals surface area contributed by atoms with Crippen LogP contribution in [0.5, 0.6) is 5.75 Å². The van der Waals surface area contributed by atoms with Crippen LogP contribution in [0, 0.1) is 0 Å². The molecule has 5 nitrogen and oxygen atoms in total. The molecular weight excluding hydrogens is 370 g/mol. The summed E-state index contributed by atoms with van der Waals surface area (Å²) in [5.74, 6) is 0.844. The first-order valence-electron chi connectivity index (χ1n) is 7.61. The van der Waals surface area contributed by atoms with Crippen molar-refractivity contribution in [2.24, 2.45) is 0 Å². The van der Waals surface area contributed by atoms with Gasteiger partial charge in [-0.2, -0.15) is 0 Å². The summed E-state index contributed by atoms with van der Waals surface area (Å²) in [5, 5.41) is 3.42. The largest absolute Gasteiger partial charge is 0.491 e. The molecule has 3 aromatic rings. The lowest BCUT2D eigenvalue weighted by atomic mass is 10.2. The van der Waals surface area contributed by atoms with E-state index in [2.05, 4.69) is 31.2 Å². The number of aromatic nitrogens is 2. The Hall–Kier alpha value is -2.18. The van der Waals surface area contributed by atoms with E-state index >= 15 is 0 Å². The summed E-state index contributed by atoms with van der Waals surface area (Å²) in [4.78, 5) is 8.79. The first kappa shape index (κ1) is 16.7. The molecule has 0 spiro atoms. The van der Waals surface area contributed by atoms with Crippen LogP contribution in [0.3, 0.4) is 0 Å². The van der Waals surface area contributed by atoms with Crippen molar-refractivity contribution in [2.75, 3.05) is 25.6 Å². The van der Waals surface area contributed by atoms with Gasteiger partial charge in [0.15, 0.2) is 0 Å². The number of nitrogens with zero attached hydrogens (tertiary/aromatic N) is 2. The minimum atomic E-state index is 0.554. The van der Waals surface area contributed by atoms with Crippen LogP contribution in [-0.2, 0) is 11.3 Å². The van der Waals surface area contributed by atoms with Gasteiger partial charge in [0.05, 0.1) is 17.8 Å². The van der Waals surface area contributed by atoms with Gasteiger partial charge in [-0.25, -0.2) is 0 Å². The monoisotopic (exact) mass is 387 g/mol. The Morgan fingerprint density at radius 3 is 2.71 bits per heavy atom. The topological polar surface area (TPSA) is 56.3 Å². The van der Waals surface area contributed by atoms with E-state index in [1.807, 2.05) is 36.4 Å². The zero-order chi connectivity index (χ0) is 16.8. The molecule has 0 saturated carbocycles. The van der Waals surface area contributed by atoms with Crippen LogP contribution >= 0.6 is 15.9 Å². The third kappa shape index (κ3) is 4.21. The van der Waals surface area contributed by atoms with Gasteiger partial charge < -0.3 is 14.8 Å². The molecule has 0 radical (unpaired) electrons. The Morgan fingerprint density at radius 2 is 1.92 bits per heavy atom. The zero-order valence-corrected chi connectivity index (χ0v) is 14.9. The van der Waals surface area contributed by atoms with Gasteiger partial charge in [0.25, 0.3) is 0 Å². The number of benzene rings is 1. The Morgan fingerprint density at radius 1 is 1.08 bits per heavy atom. The Kier molecular flexibility index (Phi) is 5.61. The molecular formula is C18H18BrN3O2. The van der Waals surface area contributed by atoms with Crippen LogP contribution < -0.4 is 10.1 Å². The fourth-order valence-corrected chi connectivity index (χ4v) is 2.61. The Labute approximate surface area is 149 Å². The van der Waals surface area contributed by atoms with E-state index in [4.69, 9.17) is 9.47 Å². The molecule has 6 heteroatoms. The van der Waals surface area contributed by atoms with E-state index in [0.29, 0.717) is 19.8 Å². The fraction of sp³-hybridized carbons (Fsp3) is 0.222. The zero-order valence-electron chi connectivity index (χ0n) is 13.3. The van der Waals surface area contributed by atoms with E-state index < -0.39 is 0 Å². The van der Waals surface area contributed by atoms with Crippen LogP contribution in [-0.4, -0.2) is 30.3 Å². The van der Waals surface area contributed by atoms with Gasteiger partial charge in [0, 0.05) is 30.5 Å². The van der Waals surface area contributed by atoms with Gasteiger partial charge in [-0.1, -0.05) is 12.1 Å². The van der Waals surface area contributed by atoms with Crippen molar-refractivity contribution < 1.29 is 9.47 Å². The molecule has 0 fully saturated rings. The number of halogens is 1. The normalized spacial score (nSPS) is 10.8. The summed E-state index contributed by atoms with van der Waals surface area (Å²) in [6, 6.07) is 11.9. The molecule has 2 heterocycles. The van der Waals surface area contributed by atoms with Crippen molar-refractivity contribution in [3.05, 3.63) is 58.8 Å². The smallest absolute Gasteiger partial charge is 0.119 e. The highest BCUT2D eigenvalue weighted by Crippen LogP contribution is 2.22. The van der Waals surface area contributed by atoms with E-state index in [1.165, 1.54) is 0 Å². The lowest BCUT2D eigenvalue weighted by Crippen LogP contribution is -2.04. The van der Waals surface area contributed by atoms with Gasteiger partial charge in [-0.15, -0.1) is 0 Å². The quantitative estimate of drug-likeness (QED) is 0.620. The van der Waals surface area contributed by atoms with Crippen LogP contribution in [0.25, 0.3) is 11.0 Å². The van der Waals surface area contributed by atoms with E-state index in [-0.39, 0.29) is 0 Å². The maximum absolute atomic E-state index is 5.56. The standard InChI is InChI=1S/C18H18BrN3O2/c1-23-8-9-24-15-4-2-13(3-5-15)11-21-16-6-7-20-17-10-14(19)12-22-18(16)17/h2-7,10,12H,8-9,11H2,1H3,(H,20,21). The second-order valence-corrected chi connectivity index (χ2v) is 6.13. The van der Waals surface area contributed by atoms with Crippen LogP contribution in [0.1, 0.15) is 5.56 Å². The number of methoxy groups -OCH3 is 1. The molecule has 0 aliphatic carbocycles. The molecule has 0 unspecified atom stereocenters. The third-order valence-corrected chi connectivity index (χ3v) is 3.94. The minimum Gasteiger partial charge on any atom is -0.491 e. The number of hydrogen-bond donors (Lipinski definition) is 1. The lowest BCUT2D eigenvalue weighted by molar-refractivity contribution is 0.146. The summed E-state index contributed by atoms with van der Waals surface area (Å²) < 4.78 is 11.5. The summed E-state index contributed by atoms with van der Waals surface area (Å²) in [5.41, 5.74) is 3.85. The summed E-state index contributed by atoms with van der Waals surface area (Å²) in [7, 11) is 1.66. The van der Waals surface area contributed by atoms with Gasteiger partial charge in [-0.3, -0.25) is 9.97 Å². The number of rotatable bonds is 7. The molecule has 2 aromatic heterocycles. The maximum atomic E-state index is 5.56. The van der Waals surface area contributed by atoms with Crippen LogP contribution in [0.2, 0.25) is 0 Å². The molecule has 0 atom stereocenters. The lowest BCUT2D eigenvalue weighted by Gasteiger charge is -2.10. The summed E-state index contributed by atoms with van der Waals surface area (Å²) >= 11 is 3.42. The minimum absolute atomic E-state index is 0.554. The van der Waals surface area contributed by atoms with Gasteiger partial charge in [0.1, 0.15) is 17.9 Å². The summed E-state index contributed by atoms with van der Waals surface area (Å²) in [6.07, 6.45) is 3.56. The third-order valence-electron chi connectivity index (χ3n) is 3.51. The maximum Gasteiger partial charge on any atom is 0.119 e. The SMILES string of the molecule is COCCOc1ccc(CNc2ccnc3cc(Br)cnc23)cc1. The highest BCUT2D eigenvalue weighted by Gasteiger charge is 2.04. The molecule has 0 aliphatic heterocycles. The van der Waals surface area contributed by atoms with Gasteiger partial charge >= 0.3 is 0 Å². The van der Waals surface area contributed by atoms with Crippen molar-refractivity contribution in [3.63, 3.8) is 0 Å². The number of pyridine rings is 2. The van der Waals surface area contributed by atoms with Gasteiger partial charge in [0.2, 0.25) is 0 Å². The predicted molar refractivity (Wildman–Crippen MR) is 98.4 cm³/mol.